The first-order valence-electron chi connectivity index (χ1n) is 3.01. The van der Waals surface area contributed by atoms with Gasteiger partial charge in [-0.25, -0.2) is 4.98 Å². The first-order chi connectivity index (χ1) is 4.97. The quantitative estimate of drug-likeness (QED) is 0.601. The second kappa shape index (κ2) is 2.02. The Morgan fingerprint density at radius 3 is 3.00 bits per heavy atom. The van der Waals surface area contributed by atoms with Gasteiger partial charge in [0.05, 0.1) is 6.20 Å². The van der Waals surface area contributed by atoms with Crippen LogP contribution in [-0.2, 0) is 0 Å². The maximum atomic E-state index is 4.05. The molecule has 3 nitrogen and oxygen atoms in total. The lowest BCUT2D eigenvalue weighted by molar-refractivity contribution is 1.30. The number of nitrogens with one attached hydrogen (secondary N) is 2. The standard InChI is InChI=1S/C7H6N3/c1-2-8-5-6(1)7-9-3-4-10-7/h1-4,8H,(H,9,10). The summed E-state index contributed by atoms with van der Waals surface area (Å²) in [6, 6.07) is 1.92. The molecule has 0 atom stereocenters. The normalized spacial score (nSPS) is 10.0. The molecule has 49 valence electrons. The summed E-state index contributed by atoms with van der Waals surface area (Å²) in [7, 11) is 0. The molecule has 10 heavy (non-hydrogen) atoms. The zero-order valence-corrected chi connectivity index (χ0v) is 5.26. The highest BCUT2D eigenvalue weighted by Gasteiger charge is 1.97. The summed E-state index contributed by atoms with van der Waals surface area (Å²) in [6.07, 6.45) is 8.24. The van der Waals surface area contributed by atoms with Crippen LogP contribution in [0.4, 0.5) is 0 Å². The Bertz CT molecular complexity index is 248. The highest BCUT2D eigenvalue weighted by molar-refractivity contribution is 5.51. The fourth-order valence-corrected chi connectivity index (χ4v) is 0.837. The minimum atomic E-state index is 0.848. The fraction of sp³-hybridized carbons (Fsp3) is 0. The van der Waals surface area contributed by atoms with Gasteiger partial charge < -0.3 is 9.97 Å². The van der Waals surface area contributed by atoms with E-state index in [9.17, 15) is 0 Å². The number of aromatic nitrogens is 3. The van der Waals surface area contributed by atoms with Crippen LogP contribution < -0.4 is 0 Å². The molecule has 2 heterocycles. The van der Waals surface area contributed by atoms with E-state index in [2.05, 4.69) is 21.1 Å². The third-order valence-corrected chi connectivity index (χ3v) is 1.29. The van der Waals surface area contributed by atoms with E-state index < -0.39 is 0 Å². The van der Waals surface area contributed by atoms with Gasteiger partial charge in [-0.2, -0.15) is 0 Å². The molecule has 1 radical (unpaired) electrons. The van der Waals surface area contributed by atoms with Crippen molar-refractivity contribution in [3.8, 4) is 11.4 Å². The molecule has 0 aliphatic rings. The molecule has 2 N–H and O–H groups in total. The number of H-pyrrole nitrogens is 2. The van der Waals surface area contributed by atoms with Crippen LogP contribution in [0.15, 0.2) is 24.7 Å². The van der Waals surface area contributed by atoms with Gasteiger partial charge in [0.2, 0.25) is 0 Å². The van der Waals surface area contributed by atoms with Crippen LogP contribution in [0.25, 0.3) is 11.4 Å². The second-order valence-electron chi connectivity index (χ2n) is 1.95. The van der Waals surface area contributed by atoms with Gasteiger partial charge in [-0.15, -0.1) is 0 Å². The smallest absolute Gasteiger partial charge is 0.139 e. The number of rotatable bonds is 1. The maximum absolute atomic E-state index is 4.05. The van der Waals surface area contributed by atoms with Crippen LogP contribution in [0.5, 0.6) is 0 Å². The minimum Gasteiger partial charge on any atom is -0.359 e. The summed E-state index contributed by atoms with van der Waals surface area (Å²) in [4.78, 5) is 9.86. The molecular weight excluding hydrogens is 126 g/mol. The second-order valence-corrected chi connectivity index (χ2v) is 1.95. The number of nitrogens with zero attached hydrogens (tertiary/aromatic N) is 1. The van der Waals surface area contributed by atoms with Crippen molar-refractivity contribution in [3.05, 3.63) is 30.9 Å². The van der Waals surface area contributed by atoms with E-state index in [1.807, 2.05) is 12.3 Å². The number of hydrogen-bond donors (Lipinski definition) is 2. The molecule has 0 spiro atoms. The van der Waals surface area contributed by atoms with E-state index in [4.69, 9.17) is 0 Å². The van der Waals surface area contributed by atoms with Gasteiger partial charge in [0, 0.05) is 24.2 Å². The Balaban J connectivity index is 2.48. The van der Waals surface area contributed by atoms with Gasteiger partial charge in [0.1, 0.15) is 5.82 Å². The number of aromatic amines is 2. The van der Waals surface area contributed by atoms with Crippen molar-refractivity contribution in [3.63, 3.8) is 0 Å². The average molecular weight is 132 g/mol. The number of imidazole rings is 1. The van der Waals surface area contributed by atoms with Crippen molar-refractivity contribution in [2.45, 2.75) is 0 Å². The largest absolute Gasteiger partial charge is 0.359 e. The topological polar surface area (TPSA) is 44.5 Å². The Morgan fingerprint density at radius 2 is 2.40 bits per heavy atom. The Labute approximate surface area is 58.1 Å². The van der Waals surface area contributed by atoms with Crippen LogP contribution in [-0.4, -0.2) is 15.0 Å². The first kappa shape index (κ1) is 5.29. The predicted molar refractivity (Wildman–Crippen MR) is 37.2 cm³/mol. The first-order valence-corrected chi connectivity index (χ1v) is 3.01. The molecule has 0 saturated heterocycles. The Hall–Kier alpha value is -1.51. The van der Waals surface area contributed by atoms with Crippen molar-refractivity contribution >= 4 is 0 Å². The summed E-state index contributed by atoms with van der Waals surface area (Å²) in [5.74, 6) is 0.848. The lowest BCUT2D eigenvalue weighted by atomic mass is 10.3. The van der Waals surface area contributed by atoms with Crippen molar-refractivity contribution in [1.29, 1.82) is 0 Å². The van der Waals surface area contributed by atoms with E-state index in [0.717, 1.165) is 11.4 Å². The summed E-state index contributed by atoms with van der Waals surface area (Å²) in [5, 5.41) is 0. The molecular formula is C7H6N3. The SMILES string of the molecule is [c]1[nH]ccc1-c1ncc[nH]1. The van der Waals surface area contributed by atoms with Gasteiger partial charge in [0.25, 0.3) is 0 Å². The zero-order valence-electron chi connectivity index (χ0n) is 5.26. The molecule has 0 unspecified atom stereocenters. The predicted octanol–water partition coefficient (Wildman–Crippen LogP) is 1.20. The Morgan fingerprint density at radius 1 is 1.40 bits per heavy atom. The summed E-state index contributed by atoms with van der Waals surface area (Å²) < 4.78 is 0. The Kier molecular flexibility index (Phi) is 1.07. The van der Waals surface area contributed by atoms with Crippen molar-refractivity contribution in [2.24, 2.45) is 0 Å². The zero-order chi connectivity index (χ0) is 6.81. The maximum Gasteiger partial charge on any atom is 0.139 e. The third kappa shape index (κ3) is 0.719. The van der Waals surface area contributed by atoms with Gasteiger partial charge >= 0.3 is 0 Å². The molecule has 0 aliphatic heterocycles. The van der Waals surface area contributed by atoms with Gasteiger partial charge in [0.15, 0.2) is 0 Å². The molecule has 2 aromatic rings. The summed E-state index contributed by atoms with van der Waals surface area (Å²) in [6.45, 7) is 0. The molecule has 2 rings (SSSR count). The highest BCUT2D eigenvalue weighted by Crippen LogP contribution is 2.10. The molecule has 0 aliphatic carbocycles. The summed E-state index contributed by atoms with van der Waals surface area (Å²) >= 11 is 0. The van der Waals surface area contributed by atoms with E-state index in [1.54, 1.807) is 12.4 Å². The van der Waals surface area contributed by atoms with E-state index in [1.165, 1.54) is 0 Å². The molecule has 3 heteroatoms. The van der Waals surface area contributed by atoms with Crippen LogP contribution in [0.2, 0.25) is 0 Å². The van der Waals surface area contributed by atoms with E-state index >= 15 is 0 Å². The van der Waals surface area contributed by atoms with Gasteiger partial charge in [-0.05, 0) is 6.07 Å². The molecule has 0 bridgehead atoms. The molecule has 0 amide bonds. The number of hydrogen-bond acceptors (Lipinski definition) is 1. The lowest BCUT2D eigenvalue weighted by Crippen LogP contribution is -1.74. The van der Waals surface area contributed by atoms with Crippen molar-refractivity contribution < 1.29 is 0 Å². The lowest BCUT2D eigenvalue weighted by Gasteiger charge is -1.84. The molecule has 0 fully saturated rings. The van der Waals surface area contributed by atoms with Gasteiger partial charge in [-0.1, -0.05) is 0 Å². The third-order valence-electron chi connectivity index (χ3n) is 1.29. The highest BCUT2D eigenvalue weighted by atomic mass is 14.9. The molecule has 2 aromatic heterocycles. The monoisotopic (exact) mass is 132 g/mol. The van der Waals surface area contributed by atoms with Crippen LogP contribution in [0.1, 0.15) is 0 Å². The average Bonchev–Trinajstić information content (AvgIpc) is 2.59. The summed E-state index contributed by atoms with van der Waals surface area (Å²) in [5.41, 5.74) is 0.963. The van der Waals surface area contributed by atoms with Crippen molar-refractivity contribution in [1.82, 2.24) is 15.0 Å². The van der Waals surface area contributed by atoms with Crippen LogP contribution in [0.3, 0.4) is 0 Å². The fourth-order valence-electron chi connectivity index (χ4n) is 0.837. The molecule has 0 aromatic carbocycles. The minimum absolute atomic E-state index is 0.848. The van der Waals surface area contributed by atoms with Crippen LogP contribution in [0, 0.1) is 6.20 Å². The van der Waals surface area contributed by atoms with E-state index in [-0.39, 0.29) is 0 Å². The van der Waals surface area contributed by atoms with Crippen molar-refractivity contribution in [2.75, 3.05) is 0 Å². The van der Waals surface area contributed by atoms with E-state index in [0.29, 0.717) is 0 Å². The van der Waals surface area contributed by atoms with Gasteiger partial charge in [-0.3, -0.25) is 0 Å². The molecule has 0 saturated carbocycles. The van der Waals surface area contributed by atoms with Crippen LogP contribution >= 0.6 is 0 Å².